The number of ether oxygens (including phenoxy) is 1. The summed E-state index contributed by atoms with van der Waals surface area (Å²) in [5.74, 6) is -0.315. The molecule has 0 aliphatic heterocycles. The van der Waals surface area contributed by atoms with Gasteiger partial charge in [-0.15, -0.1) is 0 Å². The zero-order valence-electron chi connectivity index (χ0n) is 11.5. The summed E-state index contributed by atoms with van der Waals surface area (Å²) in [4.78, 5) is 0. The second kappa shape index (κ2) is 6.48. The maximum atomic E-state index is 13.2. The molecular formula is C16H17F2NO. The van der Waals surface area contributed by atoms with Gasteiger partial charge < -0.3 is 10.1 Å². The molecule has 106 valence electrons. The lowest BCUT2D eigenvalue weighted by molar-refractivity contribution is 0.414. The van der Waals surface area contributed by atoms with Crippen LogP contribution in [0.15, 0.2) is 42.5 Å². The first-order valence-corrected chi connectivity index (χ1v) is 6.41. The molecule has 0 aliphatic carbocycles. The van der Waals surface area contributed by atoms with Crippen molar-refractivity contribution in [2.24, 2.45) is 0 Å². The number of nitrogens with one attached hydrogen (secondary N) is 1. The Morgan fingerprint density at radius 3 is 2.20 bits per heavy atom. The quantitative estimate of drug-likeness (QED) is 0.897. The van der Waals surface area contributed by atoms with E-state index in [-0.39, 0.29) is 6.04 Å². The van der Waals surface area contributed by atoms with Gasteiger partial charge in [-0.1, -0.05) is 12.1 Å². The fourth-order valence-electron chi connectivity index (χ4n) is 1.96. The Labute approximate surface area is 117 Å². The van der Waals surface area contributed by atoms with Gasteiger partial charge in [-0.2, -0.15) is 0 Å². The van der Waals surface area contributed by atoms with Gasteiger partial charge in [0, 0.05) is 18.7 Å². The van der Waals surface area contributed by atoms with Gasteiger partial charge in [0.15, 0.2) is 0 Å². The maximum absolute atomic E-state index is 13.2. The Bertz CT molecular complexity index is 549. The summed E-state index contributed by atoms with van der Waals surface area (Å²) in [5, 5.41) is 3.23. The number of benzene rings is 2. The molecule has 0 bridgehead atoms. The first kappa shape index (κ1) is 14.5. The van der Waals surface area contributed by atoms with Crippen LogP contribution in [0.2, 0.25) is 0 Å². The van der Waals surface area contributed by atoms with Crippen LogP contribution < -0.4 is 10.1 Å². The number of rotatable bonds is 5. The van der Waals surface area contributed by atoms with E-state index in [1.54, 1.807) is 7.11 Å². The zero-order chi connectivity index (χ0) is 14.5. The Hall–Kier alpha value is -1.94. The molecule has 0 saturated heterocycles. The van der Waals surface area contributed by atoms with Gasteiger partial charge in [0.2, 0.25) is 0 Å². The van der Waals surface area contributed by atoms with Crippen molar-refractivity contribution in [1.29, 1.82) is 0 Å². The molecule has 20 heavy (non-hydrogen) atoms. The molecule has 1 unspecified atom stereocenters. The molecule has 2 aromatic carbocycles. The van der Waals surface area contributed by atoms with Crippen LogP contribution >= 0.6 is 0 Å². The molecule has 4 heteroatoms. The van der Waals surface area contributed by atoms with Gasteiger partial charge in [-0.25, -0.2) is 8.78 Å². The van der Waals surface area contributed by atoms with E-state index < -0.39 is 11.6 Å². The SMILES string of the molecule is COc1ccc(CNC(C)c2cc(F)cc(F)c2)cc1. The molecule has 1 N–H and O–H groups in total. The lowest BCUT2D eigenvalue weighted by Crippen LogP contribution is -2.18. The average Bonchev–Trinajstić information content (AvgIpc) is 2.44. The second-order valence-electron chi connectivity index (χ2n) is 4.65. The molecule has 0 fully saturated rings. The van der Waals surface area contributed by atoms with Gasteiger partial charge in [-0.3, -0.25) is 0 Å². The van der Waals surface area contributed by atoms with Crippen molar-refractivity contribution in [2.75, 3.05) is 7.11 Å². The highest BCUT2D eigenvalue weighted by atomic mass is 19.1. The number of hydrogen-bond acceptors (Lipinski definition) is 2. The van der Waals surface area contributed by atoms with Gasteiger partial charge in [0.25, 0.3) is 0 Å². The maximum Gasteiger partial charge on any atom is 0.126 e. The fraction of sp³-hybridized carbons (Fsp3) is 0.250. The van der Waals surface area contributed by atoms with E-state index in [0.717, 1.165) is 17.4 Å². The number of halogens is 2. The van der Waals surface area contributed by atoms with Crippen molar-refractivity contribution >= 4 is 0 Å². The molecule has 2 nitrogen and oxygen atoms in total. The smallest absolute Gasteiger partial charge is 0.126 e. The first-order chi connectivity index (χ1) is 9.58. The number of methoxy groups -OCH3 is 1. The van der Waals surface area contributed by atoms with Gasteiger partial charge in [0.05, 0.1) is 7.11 Å². The van der Waals surface area contributed by atoms with Gasteiger partial charge in [-0.05, 0) is 42.3 Å². The molecule has 0 saturated carbocycles. The summed E-state index contributed by atoms with van der Waals surface area (Å²) in [5.41, 5.74) is 1.67. The van der Waals surface area contributed by atoms with E-state index in [2.05, 4.69) is 5.32 Å². The molecular weight excluding hydrogens is 260 g/mol. The second-order valence-corrected chi connectivity index (χ2v) is 4.65. The predicted molar refractivity (Wildman–Crippen MR) is 74.6 cm³/mol. The molecule has 0 spiro atoms. The molecule has 0 radical (unpaired) electrons. The third-order valence-electron chi connectivity index (χ3n) is 3.16. The minimum Gasteiger partial charge on any atom is -0.497 e. The normalized spacial score (nSPS) is 12.2. The molecule has 0 aliphatic rings. The fourth-order valence-corrected chi connectivity index (χ4v) is 1.96. The van der Waals surface area contributed by atoms with E-state index in [4.69, 9.17) is 4.74 Å². The zero-order valence-corrected chi connectivity index (χ0v) is 11.5. The summed E-state index contributed by atoms with van der Waals surface area (Å²) in [6.45, 7) is 2.49. The highest BCUT2D eigenvalue weighted by Crippen LogP contribution is 2.17. The highest BCUT2D eigenvalue weighted by Gasteiger charge is 2.08. The molecule has 2 rings (SSSR count). The minimum absolute atomic E-state index is 0.137. The van der Waals surface area contributed by atoms with Crippen LogP contribution in [0, 0.1) is 11.6 Å². The van der Waals surface area contributed by atoms with E-state index in [9.17, 15) is 8.78 Å². The van der Waals surface area contributed by atoms with Crippen LogP contribution in [-0.2, 0) is 6.54 Å². The summed E-state index contributed by atoms with van der Waals surface area (Å²) >= 11 is 0. The third-order valence-corrected chi connectivity index (χ3v) is 3.16. The Morgan fingerprint density at radius 2 is 1.65 bits per heavy atom. The summed E-state index contributed by atoms with van der Waals surface area (Å²) in [7, 11) is 1.62. The summed E-state index contributed by atoms with van der Waals surface area (Å²) in [6, 6.07) is 11.1. The van der Waals surface area contributed by atoms with Crippen molar-refractivity contribution in [3.8, 4) is 5.75 Å². The molecule has 1 atom stereocenters. The highest BCUT2D eigenvalue weighted by molar-refractivity contribution is 5.27. The Balaban J connectivity index is 1.98. The minimum atomic E-state index is -0.557. The molecule has 2 aromatic rings. The lowest BCUT2D eigenvalue weighted by Gasteiger charge is -2.15. The molecule has 0 amide bonds. The van der Waals surface area contributed by atoms with Gasteiger partial charge >= 0.3 is 0 Å². The lowest BCUT2D eigenvalue weighted by atomic mass is 10.1. The van der Waals surface area contributed by atoms with Crippen LogP contribution in [0.25, 0.3) is 0 Å². The van der Waals surface area contributed by atoms with Crippen LogP contribution in [0.1, 0.15) is 24.1 Å². The number of hydrogen-bond donors (Lipinski definition) is 1. The summed E-state index contributed by atoms with van der Waals surface area (Å²) in [6.07, 6.45) is 0. The Morgan fingerprint density at radius 1 is 1.05 bits per heavy atom. The van der Waals surface area contributed by atoms with Crippen molar-refractivity contribution in [1.82, 2.24) is 5.32 Å². The van der Waals surface area contributed by atoms with Crippen LogP contribution in [0.3, 0.4) is 0 Å². The van der Waals surface area contributed by atoms with E-state index >= 15 is 0 Å². The molecule has 0 aromatic heterocycles. The monoisotopic (exact) mass is 277 g/mol. The predicted octanol–water partition coefficient (Wildman–Crippen LogP) is 3.82. The topological polar surface area (TPSA) is 21.3 Å². The summed E-state index contributed by atoms with van der Waals surface area (Å²) < 4.78 is 31.4. The van der Waals surface area contributed by atoms with E-state index in [1.165, 1.54) is 12.1 Å². The Kier molecular flexibility index (Phi) is 4.69. The van der Waals surface area contributed by atoms with E-state index in [0.29, 0.717) is 12.1 Å². The standard InChI is InChI=1S/C16H17F2NO/c1-11(13-7-14(17)9-15(18)8-13)19-10-12-3-5-16(20-2)6-4-12/h3-9,11,19H,10H2,1-2H3. The van der Waals surface area contributed by atoms with Crippen molar-refractivity contribution in [2.45, 2.75) is 19.5 Å². The van der Waals surface area contributed by atoms with Crippen molar-refractivity contribution in [3.63, 3.8) is 0 Å². The first-order valence-electron chi connectivity index (χ1n) is 6.41. The van der Waals surface area contributed by atoms with Crippen LogP contribution in [-0.4, -0.2) is 7.11 Å². The third kappa shape index (κ3) is 3.78. The average molecular weight is 277 g/mol. The van der Waals surface area contributed by atoms with Crippen LogP contribution in [0.4, 0.5) is 8.78 Å². The molecule has 0 heterocycles. The van der Waals surface area contributed by atoms with Crippen LogP contribution in [0.5, 0.6) is 5.75 Å². The van der Waals surface area contributed by atoms with E-state index in [1.807, 2.05) is 31.2 Å². The van der Waals surface area contributed by atoms with Gasteiger partial charge in [0.1, 0.15) is 17.4 Å². The van der Waals surface area contributed by atoms with Crippen molar-refractivity contribution < 1.29 is 13.5 Å². The largest absolute Gasteiger partial charge is 0.497 e. The van der Waals surface area contributed by atoms with Crippen molar-refractivity contribution in [3.05, 3.63) is 65.2 Å².